The minimum absolute atomic E-state index is 0.224. The molecule has 4 nitrogen and oxygen atoms in total. The van der Waals surface area contributed by atoms with Crippen molar-refractivity contribution in [2.24, 2.45) is 7.05 Å². The maximum Gasteiger partial charge on any atom is 0.122 e. The average molecular weight is 328 g/mol. The maximum absolute atomic E-state index is 13.8. The highest BCUT2D eigenvalue weighted by Crippen LogP contribution is 2.21. The van der Waals surface area contributed by atoms with Crippen LogP contribution >= 0.6 is 0 Å². The van der Waals surface area contributed by atoms with Crippen LogP contribution in [0.3, 0.4) is 0 Å². The van der Waals surface area contributed by atoms with Gasteiger partial charge in [0.05, 0.1) is 6.54 Å². The van der Waals surface area contributed by atoms with E-state index in [-0.39, 0.29) is 6.04 Å². The third-order valence-electron chi connectivity index (χ3n) is 4.49. The Bertz CT molecular complexity index is 652. The molecule has 2 atom stereocenters. The summed E-state index contributed by atoms with van der Waals surface area (Å²) in [4.78, 5) is 6.54. The van der Waals surface area contributed by atoms with Crippen molar-refractivity contribution in [2.45, 2.75) is 25.2 Å². The summed E-state index contributed by atoms with van der Waals surface area (Å²) in [7, 11) is 1.98. The molecule has 0 amide bonds. The lowest BCUT2D eigenvalue weighted by Crippen LogP contribution is -2.38. The molecule has 0 aliphatic carbocycles. The van der Waals surface area contributed by atoms with Crippen molar-refractivity contribution in [2.75, 3.05) is 19.6 Å². The molecule has 1 aliphatic rings. The first-order chi connectivity index (χ1) is 11.7. The van der Waals surface area contributed by atoms with Crippen molar-refractivity contribution in [1.82, 2.24) is 19.8 Å². The van der Waals surface area contributed by atoms with E-state index in [2.05, 4.69) is 39.5 Å². The van der Waals surface area contributed by atoms with Gasteiger partial charge in [-0.3, -0.25) is 4.90 Å². The molecule has 0 bridgehead atoms. The molecule has 0 unspecified atom stereocenters. The van der Waals surface area contributed by atoms with Crippen LogP contribution in [-0.4, -0.2) is 46.3 Å². The van der Waals surface area contributed by atoms with Gasteiger partial charge in [-0.15, -0.1) is 0 Å². The van der Waals surface area contributed by atoms with Crippen molar-refractivity contribution in [1.29, 1.82) is 0 Å². The number of aromatic nitrogens is 2. The van der Waals surface area contributed by atoms with Crippen molar-refractivity contribution < 1.29 is 4.39 Å². The number of benzene rings is 1. The summed E-state index contributed by atoms with van der Waals surface area (Å²) in [5, 5.41) is 3.42. The molecular formula is C19H25FN4. The summed E-state index contributed by atoms with van der Waals surface area (Å²) in [5.41, 5.74) is 1.19. The SMILES string of the molecule is Cn1ccnc1CN1C[C@@H](F)C[C@H]1CNC/C=C/c1ccccc1. The van der Waals surface area contributed by atoms with Gasteiger partial charge in [0, 0.05) is 45.1 Å². The number of alkyl halides is 1. The second-order valence-electron chi connectivity index (χ2n) is 6.34. The molecule has 5 heteroatoms. The molecule has 0 radical (unpaired) electrons. The standard InChI is InChI=1S/C19H25FN4/c1-23-11-10-22-19(23)15-24-14-17(20)12-18(24)13-21-9-5-8-16-6-3-2-4-7-16/h2-8,10-11,17-18,21H,9,12-15H2,1H3/b8-5+/t17-,18-/m0/s1. The van der Waals surface area contributed by atoms with Crippen LogP contribution in [0.2, 0.25) is 0 Å². The number of hydrogen-bond donors (Lipinski definition) is 1. The van der Waals surface area contributed by atoms with Crippen molar-refractivity contribution in [3.63, 3.8) is 0 Å². The Morgan fingerprint density at radius 2 is 2.17 bits per heavy atom. The van der Waals surface area contributed by atoms with Crippen LogP contribution in [-0.2, 0) is 13.6 Å². The topological polar surface area (TPSA) is 33.1 Å². The number of rotatable bonds is 7. The van der Waals surface area contributed by atoms with Crippen LogP contribution in [0.1, 0.15) is 17.8 Å². The first kappa shape index (κ1) is 16.9. The van der Waals surface area contributed by atoms with Gasteiger partial charge in [-0.25, -0.2) is 9.37 Å². The molecule has 0 saturated carbocycles. The molecule has 1 fully saturated rings. The monoisotopic (exact) mass is 328 g/mol. The second kappa shape index (κ2) is 8.22. The van der Waals surface area contributed by atoms with E-state index in [9.17, 15) is 4.39 Å². The Balaban J connectivity index is 1.46. The fourth-order valence-corrected chi connectivity index (χ4v) is 3.15. The number of likely N-dealkylation sites (tertiary alicyclic amines) is 1. The summed E-state index contributed by atoms with van der Waals surface area (Å²) < 4.78 is 15.8. The molecule has 1 aromatic heterocycles. The maximum atomic E-state index is 13.8. The molecule has 1 saturated heterocycles. The minimum atomic E-state index is -0.739. The molecule has 2 heterocycles. The number of aryl methyl sites for hydroxylation is 1. The normalized spacial score (nSPS) is 21.8. The fraction of sp³-hybridized carbons (Fsp3) is 0.421. The van der Waals surface area contributed by atoms with Crippen molar-refractivity contribution >= 4 is 6.08 Å². The van der Waals surface area contributed by atoms with Crippen LogP contribution < -0.4 is 5.32 Å². The quantitative estimate of drug-likeness (QED) is 0.793. The van der Waals surface area contributed by atoms with E-state index in [1.54, 1.807) is 6.20 Å². The third kappa shape index (κ3) is 4.52. The lowest BCUT2D eigenvalue weighted by atomic mass is 10.2. The minimum Gasteiger partial charge on any atom is -0.337 e. The highest BCUT2D eigenvalue weighted by molar-refractivity contribution is 5.48. The summed E-state index contributed by atoms with van der Waals surface area (Å²) in [6.07, 6.45) is 7.79. The van der Waals surface area contributed by atoms with Gasteiger partial charge in [0.25, 0.3) is 0 Å². The Labute approximate surface area is 143 Å². The van der Waals surface area contributed by atoms with E-state index in [0.717, 1.165) is 18.9 Å². The van der Waals surface area contributed by atoms with Crippen LogP contribution in [0, 0.1) is 0 Å². The van der Waals surface area contributed by atoms with E-state index < -0.39 is 6.17 Å². The predicted molar refractivity (Wildman–Crippen MR) is 95.3 cm³/mol. The predicted octanol–water partition coefficient (Wildman–Crippen LogP) is 2.64. The van der Waals surface area contributed by atoms with Gasteiger partial charge in [0.15, 0.2) is 0 Å². The Morgan fingerprint density at radius 1 is 1.33 bits per heavy atom. The lowest BCUT2D eigenvalue weighted by molar-refractivity contribution is 0.224. The van der Waals surface area contributed by atoms with E-state index in [4.69, 9.17) is 0 Å². The number of nitrogens with one attached hydrogen (secondary N) is 1. The Hall–Kier alpha value is -1.98. The largest absolute Gasteiger partial charge is 0.337 e. The summed E-state index contributed by atoms with van der Waals surface area (Å²) in [6, 6.07) is 10.5. The Kier molecular flexibility index (Phi) is 5.77. The van der Waals surface area contributed by atoms with Gasteiger partial charge in [-0.1, -0.05) is 42.5 Å². The van der Waals surface area contributed by atoms with Gasteiger partial charge >= 0.3 is 0 Å². The fourth-order valence-electron chi connectivity index (χ4n) is 3.15. The van der Waals surface area contributed by atoms with Crippen molar-refractivity contribution in [3.8, 4) is 0 Å². The molecule has 24 heavy (non-hydrogen) atoms. The number of halogens is 1. The van der Waals surface area contributed by atoms with Crippen LogP contribution in [0.5, 0.6) is 0 Å². The molecule has 0 spiro atoms. The van der Waals surface area contributed by atoms with Gasteiger partial charge in [-0.05, 0) is 12.0 Å². The van der Waals surface area contributed by atoms with Gasteiger partial charge in [-0.2, -0.15) is 0 Å². The zero-order valence-electron chi connectivity index (χ0n) is 14.1. The van der Waals surface area contributed by atoms with Gasteiger partial charge in [0.1, 0.15) is 12.0 Å². The highest BCUT2D eigenvalue weighted by atomic mass is 19.1. The molecule has 1 N–H and O–H groups in total. The van der Waals surface area contributed by atoms with Gasteiger partial charge in [0.2, 0.25) is 0 Å². The molecular weight excluding hydrogens is 303 g/mol. The van der Waals surface area contributed by atoms with Gasteiger partial charge < -0.3 is 9.88 Å². The van der Waals surface area contributed by atoms with E-state index in [1.807, 2.05) is 36.0 Å². The average Bonchev–Trinajstić information content (AvgIpc) is 3.14. The molecule has 128 valence electrons. The summed E-state index contributed by atoms with van der Waals surface area (Å²) >= 11 is 0. The van der Waals surface area contributed by atoms with Crippen molar-refractivity contribution in [3.05, 3.63) is 60.2 Å². The van der Waals surface area contributed by atoms with Crippen LogP contribution in [0.25, 0.3) is 6.08 Å². The van der Waals surface area contributed by atoms with E-state index >= 15 is 0 Å². The molecule has 3 rings (SSSR count). The number of nitrogens with zero attached hydrogens (tertiary/aromatic N) is 3. The second-order valence-corrected chi connectivity index (χ2v) is 6.34. The zero-order valence-corrected chi connectivity index (χ0v) is 14.1. The van der Waals surface area contributed by atoms with E-state index in [0.29, 0.717) is 19.5 Å². The van der Waals surface area contributed by atoms with E-state index in [1.165, 1.54) is 5.56 Å². The zero-order chi connectivity index (χ0) is 16.8. The smallest absolute Gasteiger partial charge is 0.122 e. The Morgan fingerprint density at radius 3 is 2.92 bits per heavy atom. The number of imidazole rings is 1. The summed E-state index contributed by atoms with van der Waals surface area (Å²) in [6.45, 7) is 2.79. The molecule has 1 aliphatic heterocycles. The first-order valence-electron chi connectivity index (χ1n) is 8.49. The van der Waals surface area contributed by atoms with Crippen LogP contribution in [0.15, 0.2) is 48.8 Å². The van der Waals surface area contributed by atoms with Crippen LogP contribution in [0.4, 0.5) is 4.39 Å². The molecule has 1 aromatic carbocycles. The molecule has 2 aromatic rings. The number of hydrogen-bond acceptors (Lipinski definition) is 3. The third-order valence-corrected chi connectivity index (χ3v) is 4.49. The summed E-state index contributed by atoms with van der Waals surface area (Å²) in [5.74, 6) is 0.984. The lowest BCUT2D eigenvalue weighted by Gasteiger charge is -2.23. The first-order valence-corrected chi connectivity index (χ1v) is 8.49. The highest BCUT2D eigenvalue weighted by Gasteiger charge is 2.32.